The summed E-state index contributed by atoms with van der Waals surface area (Å²) in [6, 6.07) is 16.8. The SMILES string of the molecule is CCc1c(C(=O)NC(c2ccccc2)c2cccc(Cl)c2)[nH]c(C)c1C(C)=O. The van der Waals surface area contributed by atoms with Gasteiger partial charge in [-0.3, -0.25) is 9.59 Å². The Morgan fingerprint density at radius 1 is 1.07 bits per heavy atom. The van der Waals surface area contributed by atoms with E-state index in [4.69, 9.17) is 11.6 Å². The van der Waals surface area contributed by atoms with Crippen molar-refractivity contribution in [3.8, 4) is 0 Å². The summed E-state index contributed by atoms with van der Waals surface area (Å²) in [4.78, 5) is 28.3. The van der Waals surface area contributed by atoms with Crippen LogP contribution in [-0.4, -0.2) is 16.7 Å². The Kier molecular flexibility index (Phi) is 6.00. The van der Waals surface area contributed by atoms with Crippen LogP contribution in [0.1, 0.15) is 63.1 Å². The number of hydrogen-bond acceptors (Lipinski definition) is 2. The van der Waals surface area contributed by atoms with Gasteiger partial charge in [-0.25, -0.2) is 0 Å². The highest BCUT2D eigenvalue weighted by molar-refractivity contribution is 6.30. The van der Waals surface area contributed by atoms with Crippen LogP contribution in [0.5, 0.6) is 0 Å². The predicted octanol–water partition coefficient (Wildman–Crippen LogP) is 5.26. The fourth-order valence-electron chi connectivity index (χ4n) is 3.59. The van der Waals surface area contributed by atoms with Crippen LogP contribution in [0.2, 0.25) is 5.02 Å². The lowest BCUT2D eigenvalue weighted by Gasteiger charge is -2.20. The minimum atomic E-state index is -0.360. The van der Waals surface area contributed by atoms with Crippen LogP contribution in [-0.2, 0) is 6.42 Å². The van der Waals surface area contributed by atoms with Crippen LogP contribution in [0, 0.1) is 6.92 Å². The number of amides is 1. The minimum absolute atomic E-state index is 0.0425. The quantitative estimate of drug-likeness (QED) is 0.560. The topological polar surface area (TPSA) is 62.0 Å². The average molecular weight is 395 g/mol. The molecule has 1 amide bonds. The van der Waals surface area contributed by atoms with Crippen LogP contribution < -0.4 is 5.32 Å². The second kappa shape index (κ2) is 8.44. The molecule has 0 spiro atoms. The summed E-state index contributed by atoms with van der Waals surface area (Å²) < 4.78 is 0. The molecule has 1 unspecified atom stereocenters. The monoisotopic (exact) mass is 394 g/mol. The maximum Gasteiger partial charge on any atom is 0.268 e. The first kappa shape index (κ1) is 19.9. The van der Waals surface area contributed by atoms with Gasteiger partial charge in [0.1, 0.15) is 5.69 Å². The molecule has 5 heteroatoms. The zero-order chi connectivity index (χ0) is 20.3. The lowest BCUT2D eigenvalue weighted by molar-refractivity contribution is 0.0937. The highest BCUT2D eigenvalue weighted by atomic mass is 35.5. The first-order valence-electron chi connectivity index (χ1n) is 9.26. The van der Waals surface area contributed by atoms with Crippen LogP contribution >= 0.6 is 11.6 Å². The maximum atomic E-state index is 13.2. The van der Waals surface area contributed by atoms with Crippen LogP contribution in [0.25, 0.3) is 0 Å². The third-order valence-electron chi connectivity index (χ3n) is 4.81. The largest absolute Gasteiger partial charge is 0.354 e. The zero-order valence-electron chi connectivity index (χ0n) is 16.2. The number of H-pyrrole nitrogens is 1. The van der Waals surface area contributed by atoms with E-state index in [1.165, 1.54) is 6.92 Å². The van der Waals surface area contributed by atoms with Gasteiger partial charge in [-0.15, -0.1) is 0 Å². The van der Waals surface area contributed by atoms with Gasteiger partial charge < -0.3 is 10.3 Å². The number of aryl methyl sites for hydroxylation is 1. The van der Waals surface area contributed by atoms with Gasteiger partial charge in [-0.2, -0.15) is 0 Å². The molecule has 0 aliphatic carbocycles. The molecule has 0 saturated carbocycles. The van der Waals surface area contributed by atoms with Crippen LogP contribution in [0.15, 0.2) is 54.6 Å². The summed E-state index contributed by atoms with van der Waals surface area (Å²) in [7, 11) is 0. The standard InChI is InChI=1S/C23H23ClN2O2/c1-4-19-20(15(3)27)14(2)25-22(19)23(28)26-21(16-9-6-5-7-10-16)17-11-8-12-18(24)13-17/h5-13,21,25H,4H2,1-3H3,(H,26,28). The van der Waals surface area contributed by atoms with Gasteiger partial charge in [0.15, 0.2) is 5.78 Å². The van der Waals surface area contributed by atoms with E-state index in [1.807, 2.05) is 62.4 Å². The van der Waals surface area contributed by atoms with Gasteiger partial charge in [0.05, 0.1) is 6.04 Å². The molecule has 1 atom stereocenters. The molecule has 0 radical (unpaired) electrons. The minimum Gasteiger partial charge on any atom is -0.354 e. The molecule has 1 heterocycles. The smallest absolute Gasteiger partial charge is 0.268 e. The van der Waals surface area contributed by atoms with Gasteiger partial charge in [-0.1, -0.05) is 61.0 Å². The Hall–Kier alpha value is -2.85. The van der Waals surface area contributed by atoms with Gasteiger partial charge in [0, 0.05) is 16.3 Å². The molecular weight excluding hydrogens is 372 g/mol. The van der Waals surface area contributed by atoms with Crippen LogP contribution in [0.4, 0.5) is 0 Å². The summed E-state index contributed by atoms with van der Waals surface area (Å²) in [5, 5.41) is 3.72. The summed E-state index contributed by atoms with van der Waals surface area (Å²) >= 11 is 6.18. The van der Waals surface area contributed by atoms with E-state index in [2.05, 4.69) is 10.3 Å². The second-order valence-corrected chi connectivity index (χ2v) is 7.20. The normalized spacial score (nSPS) is 11.9. The highest BCUT2D eigenvalue weighted by Gasteiger charge is 2.24. The van der Waals surface area contributed by atoms with Crippen molar-refractivity contribution in [2.45, 2.75) is 33.2 Å². The van der Waals surface area contributed by atoms with Crippen molar-refractivity contribution >= 4 is 23.3 Å². The number of benzene rings is 2. The molecule has 1 aromatic heterocycles. The zero-order valence-corrected chi connectivity index (χ0v) is 16.9. The molecule has 0 aliphatic heterocycles. The maximum absolute atomic E-state index is 13.2. The van der Waals surface area contributed by atoms with Crippen molar-refractivity contribution in [3.05, 3.63) is 93.3 Å². The number of aromatic nitrogens is 1. The molecule has 144 valence electrons. The Morgan fingerprint density at radius 2 is 1.75 bits per heavy atom. The third kappa shape index (κ3) is 4.02. The van der Waals surface area contributed by atoms with Crippen molar-refractivity contribution in [1.29, 1.82) is 0 Å². The number of rotatable bonds is 6. The van der Waals surface area contributed by atoms with Crippen molar-refractivity contribution < 1.29 is 9.59 Å². The summed E-state index contributed by atoms with van der Waals surface area (Å²) in [6.07, 6.45) is 0.592. The molecule has 28 heavy (non-hydrogen) atoms. The van der Waals surface area contributed by atoms with Crippen molar-refractivity contribution in [3.63, 3.8) is 0 Å². The number of nitrogens with one attached hydrogen (secondary N) is 2. The first-order valence-corrected chi connectivity index (χ1v) is 9.63. The fraction of sp³-hybridized carbons (Fsp3) is 0.217. The van der Waals surface area contributed by atoms with E-state index in [0.29, 0.717) is 28.4 Å². The van der Waals surface area contributed by atoms with Gasteiger partial charge in [-0.05, 0) is 49.1 Å². The molecule has 0 bridgehead atoms. The van der Waals surface area contributed by atoms with E-state index < -0.39 is 0 Å². The van der Waals surface area contributed by atoms with E-state index in [-0.39, 0.29) is 17.7 Å². The highest BCUT2D eigenvalue weighted by Crippen LogP contribution is 2.26. The number of hydrogen-bond donors (Lipinski definition) is 2. The summed E-state index contributed by atoms with van der Waals surface area (Å²) in [5.74, 6) is -0.291. The van der Waals surface area contributed by atoms with Gasteiger partial charge in [0.25, 0.3) is 5.91 Å². The van der Waals surface area contributed by atoms with Crippen molar-refractivity contribution in [2.75, 3.05) is 0 Å². The fourth-order valence-corrected chi connectivity index (χ4v) is 3.79. The Balaban J connectivity index is 2.01. The van der Waals surface area contributed by atoms with Crippen molar-refractivity contribution in [1.82, 2.24) is 10.3 Å². The van der Waals surface area contributed by atoms with E-state index >= 15 is 0 Å². The van der Waals surface area contributed by atoms with Crippen LogP contribution in [0.3, 0.4) is 0 Å². The molecule has 2 aromatic carbocycles. The molecule has 4 nitrogen and oxygen atoms in total. The number of Topliss-reactive ketones (excluding diaryl/α,β-unsaturated/α-hetero) is 1. The van der Waals surface area contributed by atoms with Crippen molar-refractivity contribution in [2.24, 2.45) is 0 Å². The Bertz CT molecular complexity index is 1010. The third-order valence-corrected chi connectivity index (χ3v) is 5.05. The summed E-state index contributed by atoms with van der Waals surface area (Å²) in [5.41, 5.74) is 4.35. The number of halogens is 1. The number of ketones is 1. The molecule has 3 rings (SSSR count). The Labute approximate surface area is 169 Å². The molecular formula is C23H23ClN2O2. The van der Waals surface area contributed by atoms with Gasteiger partial charge >= 0.3 is 0 Å². The van der Waals surface area contributed by atoms with E-state index in [9.17, 15) is 9.59 Å². The summed E-state index contributed by atoms with van der Waals surface area (Å²) in [6.45, 7) is 5.28. The predicted molar refractivity (Wildman–Crippen MR) is 112 cm³/mol. The van der Waals surface area contributed by atoms with E-state index in [0.717, 1.165) is 16.7 Å². The lowest BCUT2D eigenvalue weighted by Crippen LogP contribution is -2.30. The number of carbonyl (C=O) groups excluding carboxylic acids is 2. The molecule has 3 aromatic rings. The van der Waals surface area contributed by atoms with E-state index in [1.54, 1.807) is 6.07 Å². The van der Waals surface area contributed by atoms with Gasteiger partial charge in [0.2, 0.25) is 0 Å². The molecule has 2 N–H and O–H groups in total. The molecule has 0 fully saturated rings. The lowest BCUT2D eigenvalue weighted by atomic mass is 9.98. The second-order valence-electron chi connectivity index (χ2n) is 6.76. The average Bonchev–Trinajstić information content (AvgIpc) is 3.03. The molecule has 0 saturated heterocycles. The Morgan fingerprint density at radius 3 is 2.36 bits per heavy atom. The molecule has 0 aliphatic rings. The number of aromatic amines is 1. The number of carbonyl (C=O) groups is 2. The first-order chi connectivity index (χ1) is 13.4.